The number of hydrogen-bond donors (Lipinski definition) is 1. The summed E-state index contributed by atoms with van der Waals surface area (Å²) in [7, 11) is 0. The van der Waals surface area contributed by atoms with E-state index in [1.807, 2.05) is 13.0 Å². The Kier molecular flexibility index (Phi) is 3.89. The highest BCUT2D eigenvalue weighted by molar-refractivity contribution is 5.24. The summed E-state index contributed by atoms with van der Waals surface area (Å²) < 4.78 is 5.63. The standard InChI is InChI=1S/C11H17NO2/c1-8(2)9(3)14-11-10(7-13)5-4-6-12-11/h4-6,8-9,13H,7H2,1-3H3. The average molecular weight is 195 g/mol. The summed E-state index contributed by atoms with van der Waals surface area (Å²) in [6.45, 7) is 6.15. The van der Waals surface area contributed by atoms with Gasteiger partial charge in [0.15, 0.2) is 0 Å². The van der Waals surface area contributed by atoms with Gasteiger partial charge in [0.2, 0.25) is 5.88 Å². The summed E-state index contributed by atoms with van der Waals surface area (Å²) in [5, 5.41) is 9.05. The van der Waals surface area contributed by atoms with Crippen LogP contribution in [0.5, 0.6) is 5.88 Å². The van der Waals surface area contributed by atoms with Crippen molar-refractivity contribution in [1.82, 2.24) is 4.98 Å². The van der Waals surface area contributed by atoms with Crippen LogP contribution in [-0.2, 0) is 6.61 Å². The molecule has 1 heterocycles. The first kappa shape index (κ1) is 11.0. The summed E-state index contributed by atoms with van der Waals surface area (Å²) in [6, 6.07) is 3.60. The van der Waals surface area contributed by atoms with Crippen molar-refractivity contribution in [3.05, 3.63) is 23.9 Å². The Morgan fingerprint density at radius 1 is 1.43 bits per heavy atom. The molecule has 0 saturated heterocycles. The molecule has 0 bridgehead atoms. The molecule has 0 spiro atoms. The van der Waals surface area contributed by atoms with Gasteiger partial charge in [-0.05, 0) is 25.0 Å². The molecule has 3 nitrogen and oxygen atoms in total. The highest BCUT2D eigenvalue weighted by atomic mass is 16.5. The van der Waals surface area contributed by atoms with Gasteiger partial charge in [0.1, 0.15) is 0 Å². The molecule has 0 radical (unpaired) electrons. The average Bonchev–Trinajstić information content (AvgIpc) is 2.18. The third-order valence-corrected chi connectivity index (χ3v) is 2.26. The van der Waals surface area contributed by atoms with Gasteiger partial charge in [-0.15, -0.1) is 0 Å². The number of nitrogens with zero attached hydrogens (tertiary/aromatic N) is 1. The highest BCUT2D eigenvalue weighted by Gasteiger charge is 2.11. The third kappa shape index (κ3) is 2.70. The molecule has 14 heavy (non-hydrogen) atoms. The maximum absolute atomic E-state index is 9.05. The molecule has 0 fully saturated rings. The van der Waals surface area contributed by atoms with Crippen molar-refractivity contribution in [1.29, 1.82) is 0 Å². The van der Waals surface area contributed by atoms with Crippen LogP contribution in [0.2, 0.25) is 0 Å². The van der Waals surface area contributed by atoms with Crippen LogP contribution in [0.1, 0.15) is 26.3 Å². The van der Waals surface area contributed by atoms with E-state index < -0.39 is 0 Å². The second-order valence-electron chi connectivity index (χ2n) is 3.69. The molecular formula is C11H17NO2. The van der Waals surface area contributed by atoms with Gasteiger partial charge >= 0.3 is 0 Å². The number of pyridine rings is 1. The molecular weight excluding hydrogens is 178 g/mol. The van der Waals surface area contributed by atoms with Crippen LogP contribution < -0.4 is 4.74 Å². The molecule has 1 N–H and O–H groups in total. The molecule has 0 aliphatic rings. The maximum Gasteiger partial charge on any atom is 0.219 e. The van der Waals surface area contributed by atoms with Crippen LogP contribution in [0.4, 0.5) is 0 Å². The van der Waals surface area contributed by atoms with Crippen molar-refractivity contribution in [2.24, 2.45) is 5.92 Å². The van der Waals surface area contributed by atoms with Gasteiger partial charge in [0, 0.05) is 11.8 Å². The first-order valence-corrected chi connectivity index (χ1v) is 4.86. The van der Waals surface area contributed by atoms with Crippen LogP contribution in [0, 0.1) is 5.92 Å². The topological polar surface area (TPSA) is 42.4 Å². The van der Waals surface area contributed by atoms with Crippen LogP contribution in [0.3, 0.4) is 0 Å². The quantitative estimate of drug-likeness (QED) is 0.799. The number of rotatable bonds is 4. The number of aliphatic hydroxyl groups is 1. The summed E-state index contributed by atoms with van der Waals surface area (Å²) in [4.78, 5) is 4.09. The highest BCUT2D eigenvalue weighted by Crippen LogP contribution is 2.17. The lowest BCUT2D eigenvalue weighted by Crippen LogP contribution is -2.20. The Hall–Kier alpha value is -1.09. The lowest BCUT2D eigenvalue weighted by atomic mass is 10.1. The lowest BCUT2D eigenvalue weighted by molar-refractivity contribution is 0.157. The van der Waals surface area contributed by atoms with Gasteiger partial charge in [-0.1, -0.05) is 13.8 Å². The van der Waals surface area contributed by atoms with E-state index in [-0.39, 0.29) is 12.7 Å². The molecule has 0 aliphatic heterocycles. The summed E-state index contributed by atoms with van der Waals surface area (Å²) >= 11 is 0. The largest absolute Gasteiger partial charge is 0.474 e. The second-order valence-corrected chi connectivity index (χ2v) is 3.69. The van der Waals surface area contributed by atoms with Gasteiger partial charge < -0.3 is 9.84 Å². The summed E-state index contributed by atoms with van der Waals surface area (Å²) in [5.74, 6) is 0.972. The van der Waals surface area contributed by atoms with E-state index in [0.29, 0.717) is 11.8 Å². The van der Waals surface area contributed by atoms with Crippen molar-refractivity contribution in [2.45, 2.75) is 33.5 Å². The molecule has 0 aliphatic carbocycles. The zero-order valence-corrected chi connectivity index (χ0v) is 8.90. The minimum atomic E-state index is -0.0337. The molecule has 0 aromatic carbocycles. The number of hydrogen-bond acceptors (Lipinski definition) is 3. The van der Waals surface area contributed by atoms with E-state index in [9.17, 15) is 0 Å². The Morgan fingerprint density at radius 3 is 2.71 bits per heavy atom. The van der Waals surface area contributed by atoms with Crippen LogP contribution in [0.15, 0.2) is 18.3 Å². The minimum absolute atomic E-state index is 0.0337. The van der Waals surface area contributed by atoms with E-state index in [2.05, 4.69) is 18.8 Å². The van der Waals surface area contributed by atoms with E-state index in [1.54, 1.807) is 12.3 Å². The van der Waals surface area contributed by atoms with Gasteiger partial charge in [0.25, 0.3) is 0 Å². The fourth-order valence-electron chi connectivity index (χ4n) is 0.963. The molecule has 1 atom stereocenters. The van der Waals surface area contributed by atoms with E-state index in [1.165, 1.54) is 0 Å². The number of ether oxygens (including phenoxy) is 1. The van der Waals surface area contributed by atoms with Crippen molar-refractivity contribution < 1.29 is 9.84 Å². The maximum atomic E-state index is 9.05. The smallest absolute Gasteiger partial charge is 0.219 e. The van der Waals surface area contributed by atoms with Gasteiger partial charge in [-0.3, -0.25) is 0 Å². The Labute approximate surface area is 84.7 Å². The van der Waals surface area contributed by atoms with Gasteiger partial charge in [0.05, 0.1) is 12.7 Å². The SMILES string of the molecule is CC(C)C(C)Oc1ncccc1CO. The summed E-state index contributed by atoms with van der Waals surface area (Å²) in [6.07, 6.45) is 1.77. The fraction of sp³-hybridized carbons (Fsp3) is 0.545. The minimum Gasteiger partial charge on any atom is -0.474 e. The van der Waals surface area contributed by atoms with Crippen LogP contribution >= 0.6 is 0 Å². The number of aromatic nitrogens is 1. The predicted octanol–water partition coefficient (Wildman–Crippen LogP) is 2.00. The Bertz CT molecular complexity index is 286. The van der Waals surface area contributed by atoms with Gasteiger partial charge in [-0.2, -0.15) is 0 Å². The molecule has 1 rings (SSSR count). The van der Waals surface area contributed by atoms with Gasteiger partial charge in [-0.25, -0.2) is 4.98 Å². The van der Waals surface area contributed by atoms with Crippen molar-refractivity contribution in [3.63, 3.8) is 0 Å². The number of aliphatic hydroxyl groups excluding tert-OH is 1. The van der Waals surface area contributed by atoms with Crippen molar-refractivity contribution >= 4 is 0 Å². The zero-order chi connectivity index (χ0) is 10.6. The van der Waals surface area contributed by atoms with E-state index in [4.69, 9.17) is 9.84 Å². The van der Waals surface area contributed by atoms with E-state index in [0.717, 1.165) is 5.56 Å². The molecule has 3 heteroatoms. The monoisotopic (exact) mass is 195 g/mol. The normalized spacial score (nSPS) is 12.9. The first-order valence-electron chi connectivity index (χ1n) is 4.86. The molecule has 1 aromatic rings. The lowest BCUT2D eigenvalue weighted by Gasteiger charge is -2.18. The first-order chi connectivity index (χ1) is 6.65. The van der Waals surface area contributed by atoms with Crippen molar-refractivity contribution in [2.75, 3.05) is 0 Å². The Morgan fingerprint density at radius 2 is 2.14 bits per heavy atom. The second kappa shape index (κ2) is 4.96. The molecule has 78 valence electrons. The van der Waals surface area contributed by atoms with Crippen LogP contribution in [-0.4, -0.2) is 16.2 Å². The van der Waals surface area contributed by atoms with Crippen LogP contribution in [0.25, 0.3) is 0 Å². The predicted molar refractivity (Wildman–Crippen MR) is 55.1 cm³/mol. The Balaban J connectivity index is 2.75. The molecule has 1 unspecified atom stereocenters. The van der Waals surface area contributed by atoms with E-state index >= 15 is 0 Å². The zero-order valence-electron chi connectivity index (χ0n) is 8.90. The molecule has 0 amide bonds. The molecule has 1 aromatic heterocycles. The summed E-state index contributed by atoms with van der Waals surface area (Å²) in [5.41, 5.74) is 0.736. The molecule has 0 saturated carbocycles. The fourth-order valence-corrected chi connectivity index (χ4v) is 0.963. The van der Waals surface area contributed by atoms with Crippen molar-refractivity contribution in [3.8, 4) is 5.88 Å². The third-order valence-electron chi connectivity index (χ3n) is 2.26.